The van der Waals surface area contributed by atoms with Crippen molar-refractivity contribution >= 4 is 0 Å². The molecule has 0 radical (unpaired) electrons. The van der Waals surface area contributed by atoms with Gasteiger partial charge in [0.1, 0.15) is 5.75 Å². The van der Waals surface area contributed by atoms with Gasteiger partial charge in [-0.15, -0.1) is 0 Å². The number of aromatic hydroxyl groups is 1. The molecule has 0 bridgehead atoms. The number of hydrogen-bond donors (Lipinski definition) is 1. The Kier molecular flexibility index (Phi) is 4.23. The molecule has 19 heavy (non-hydrogen) atoms. The monoisotopic (exact) mass is 255 g/mol. The topological polar surface area (TPSA) is 23.5 Å². The Balaban J connectivity index is 2.09. The van der Waals surface area contributed by atoms with Crippen LogP contribution in [0.25, 0.3) is 0 Å². The van der Waals surface area contributed by atoms with Gasteiger partial charge in [0.15, 0.2) is 0 Å². The standard InChI is InChI=1S/C17H21NO/c1-13-9-14(2)17(19)16(10-13)12-18(3)11-15-7-5-4-6-8-15/h4-10,19H,11-12H2,1-3H3. The first-order valence-corrected chi connectivity index (χ1v) is 6.58. The Hall–Kier alpha value is -1.80. The Bertz CT molecular complexity index is 549. The van der Waals surface area contributed by atoms with Crippen LogP contribution in [0.2, 0.25) is 0 Å². The second kappa shape index (κ2) is 5.89. The van der Waals surface area contributed by atoms with E-state index >= 15 is 0 Å². The first-order valence-electron chi connectivity index (χ1n) is 6.58. The van der Waals surface area contributed by atoms with E-state index < -0.39 is 0 Å². The van der Waals surface area contributed by atoms with Crippen LogP contribution < -0.4 is 0 Å². The fraction of sp³-hybridized carbons (Fsp3) is 0.294. The smallest absolute Gasteiger partial charge is 0.122 e. The van der Waals surface area contributed by atoms with Gasteiger partial charge in [-0.1, -0.05) is 48.0 Å². The highest BCUT2D eigenvalue weighted by atomic mass is 16.3. The normalized spacial score (nSPS) is 10.9. The summed E-state index contributed by atoms with van der Waals surface area (Å²) in [5, 5.41) is 10.1. The average molecular weight is 255 g/mol. The highest BCUT2D eigenvalue weighted by molar-refractivity contribution is 5.42. The first kappa shape index (κ1) is 13.6. The summed E-state index contributed by atoms with van der Waals surface area (Å²) in [6.07, 6.45) is 0. The molecule has 2 rings (SSSR count). The van der Waals surface area contributed by atoms with Gasteiger partial charge in [-0.3, -0.25) is 4.90 Å². The predicted molar refractivity (Wildman–Crippen MR) is 79.2 cm³/mol. The number of phenolic OH excluding ortho intramolecular Hbond substituents is 1. The number of aryl methyl sites for hydroxylation is 2. The van der Waals surface area contributed by atoms with Gasteiger partial charge in [0.2, 0.25) is 0 Å². The minimum atomic E-state index is 0.422. The summed E-state index contributed by atoms with van der Waals surface area (Å²) in [6.45, 7) is 5.65. The first-order chi connectivity index (χ1) is 9.06. The molecule has 0 saturated heterocycles. The predicted octanol–water partition coefficient (Wildman–Crippen LogP) is 3.64. The molecular formula is C17H21NO. The van der Waals surface area contributed by atoms with Crippen molar-refractivity contribution in [2.45, 2.75) is 26.9 Å². The fourth-order valence-corrected chi connectivity index (χ4v) is 2.41. The lowest BCUT2D eigenvalue weighted by atomic mass is 10.1. The molecule has 0 fully saturated rings. The van der Waals surface area contributed by atoms with E-state index in [0.29, 0.717) is 5.75 Å². The van der Waals surface area contributed by atoms with Crippen LogP contribution in [0, 0.1) is 13.8 Å². The zero-order valence-electron chi connectivity index (χ0n) is 11.9. The molecule has 2 aromatic rings. The van der Waals surface area contributed by atoms with Gasteiger partial charge in [0.25, 0.3) is 0 Å². The molecule has 100 valence electrons. The van der Waals surface area contributed by atoms with E-state index in [1.54, 1.807) is 0 Å². The lowest BCUT2D eigenvalue weighted by Crippen LogP contribution is -2.17. The van der Waals surface area contributed by atoms with Crippen molar-refractivity contribution in [1.82, 2.24) is 4.90 Å². The van der Waals surface area contributed by atoms with Crippen LogP contribution in [0.1, 0.15) is 22.3 Å². The minimum absolute atomic E-state index is 0.422. The quantitative estimate of drug-likeness (QED) is 0.901. The molecule has 2 nitrogen and oxygen atoms in total. The van der Waals surface area contributed by atoms with Crippen molar-refractivity contribution in [2.75, 3.05) is 7.05 Å². The largest absolute Gasteiger partial charge is 0.507 e. The molecule has 0 saturated carbocycles. The van der Waals surface area contributed by atoms with Gasteiger partial charge < -0.3 is 5.11 Å². The third-order valence-corrected chi connectivity index (χ3v) is 3.26. The van der Waals surface area contributed by atoms with Gasteiger partial charge in [-0.05, 0) is 32.0 Å². The lowest BCUT2D eigenvalue weighted by Gasteiger charge is -2.18. The van der Waals surface area contributed by atoms with E-state index in [1.807, 2.05) is 19.1 Å². The van der Waals surface area contributed by atoms with Gasteiger partial charge in [0.05, 0.1) is 0 Å². The summed E-state index contributed by atoms with van der Waals surface area (Å²) in [5.41, 5.74) is 4.42. The van der Waals surface area contributed by atoms with E-state index in [1.165, 1.54) is 11.1 Å². The van der Waals surface area contributed by atoms with Crippen LogP contribution in [0.15, 0.2) is 42.5 Å². The molecule has 0 aliphatic heterocycles. The molecule has 0 unspecified atom stereocenters. The number of rotatable bonds is 4. The molecule has 0 aliphatic rings. The second-order valence-corrected chi connectivity index (χ2v) is 5.25. The van der Waals surface area contributed by atoms with Crippen molar-refractivity contribution in [3.63, 3.8) is 0 Å². The molecule has 0 heterocycles. The van der Waals surface area contributed by atoms with E-state index in [0.717, 1.165) is 24.2 Å². The van der Waals surface area contributed by atoms with Gasteiger partial charge in [0, 0.05) is 18.7 Å². The molecule has 0 spiro atoms. The van der Waals surface area contributed by atoms with Crippen LogP contribution in [0.4, 0.5) is 0 Å². The molecular weight excluding hydrogens is 234 g/mol. The summed E-state index contributed by atoms with van der Waals surface area (Å²) >= 11 is 0. The molecule has 1 N–H and O–H groups in total. The van der Waals surface area contributed by atoms with Crippen LogP contribution >= 0.6 is 0 Å². The Labute approximate surface area is 115 Å². The van der Waals surface area contributed by atoms with E-state index in [4.69, 9.17) is 0 Å². The maximum atomic E-state index is 10.1. The van der Waals surface area contributed by atoms with Crippen LogP contribution in [-0.2, 0) is 13.1 Å². The Morgan fingerprint density at radius 1 is 1.00 bits per heavy atom. The van der Waals surface area contributed by atoms with Crippen molar-refractivity contribution < 1.29 is 5.11 Å². The molecule has 2 heteroatoms. The molecule has 0 amide bonds. The third-order valence-electron chi connectivity index (χ3n) is 3.26. The number of phenols is 1. The minimum Gasteiger partial charge on any atom is -0.507 e. The fourth-order valence-electron chi connectivity index (χ4n) is 2.41. The van der Waals surface area contributed by atoms with Gasteiger partial charge in [-0.25, -0.2) is 0 Å². The summed E-state index contributed by atoms with van der Waals surface area (Å²) in [5.74, 6) is 0.422. The van der Waals surface area contributed by atoms with E-state index in [9.17, 15) is 5.11 Å². The second-order valence-electron chi connectivity index (χ2n) is 5.25. The van der Waals surface area contributed by atoms with Crippen molar-refractivity contribution in [3.05, 3.63) is 64.7 Å². The van der Waals surface area contributed by atoms with Crippen molar-refractivity contribution in [3.8, 4) is 5.75 Å². The van der Waals surface area contributed by atoms with Crippen molar-refractivity contribution in [1.29, 1.82) is 0 Å². The maximum absolute atomic E-state index is 10.1. The van der Waals surface area contributed by atoms with Crippen LogP contribution in [-0.4, -0.2) is 17.1 Å². The van der Waals surface area contributed by atoms with E-state index in [2.05, 4.69) is 49.2 Å². The zero-order chi connectivity index (χ0) is 13.8. The highest BCUT2D eigenvalue weighted by Crippen LogP contribution is 2.25. The van der Waals surface area contributed by atoms with Crippen LogP contribution in [0.3, 0.4) is 0 Å². The van der Waals surface area contributed by atoms with Crippen LogP contribution in [0.5, 0.6) is 5.75 Å². The van der Waals surface area contributed by atoms with Gasteiger partial charge >= 0.3 is 0 Å². The summed E-state index contributed by atoms with van der Waals surface area (Å²) in [7, 11) is 2.07. The summed E-state index contributed by atoms with van der Waals surface area (Å²) in [6, 6.07) is 14.4. The third kappa shape index (κ3) is 3.58. The Morgan fingerprint density at radius 2 is 1.68 bits per heavy atom. The summed E-state index contributed by atoms with van der Waals surface area (Å²) in [4.78, 5) is 2.21. The Morgan fingerprint density at radius 3 is 2.37 bits per heavy atom. The molecule has 2 aromatic carbocycles. The summed E-state index contributed by atoms with van der Waals surface area (Å²) < 4.78 is 0. The SMILES string of the molecule is Cc1cc(C)c(O)c(CN(C)Cc2ccccc2)c1. The van der Waals surface area contributed by atoms with Gasteiger partial charge in [-0.2, -0.15) is 0 Å². The number of benzene rings is 2. The molecule has 0 atom stereocenters. The molecule has 0 aliphatic carbocycles. The lowest BCUT2D eigenvalue weighted by molar-refractivity contribution is 0.312. The maximum Gasteiger partial charge on any atom is 0.122 e. The highest BCUT2D eigenvalue weighted by Gasteiger charge is 2.08. The molecule has 0 aromatic heterocycles. The number of nitrogens with zero attached hydrogens (tertiary/aromatic N) is 1. The van der Waals surface area contributed by atoms with E-state index in [-0.39, 0.29) is 0 Å². The average Bonchev–Trinajstić information content (AvgIpc) is 2.36. The number of hydrogen-bond acceptors (Lipinski definition) is 2. The van der Waals surface area contributed by atoms with Crippen molar-refractivity contribution in [2.24, 2.45) is 0 Å². The zero-order valence-corrected chi connectivity index (χ0v) is 11.9.